The fraction of sp³-hybridized carbons (Fsp3) is 0.864. The van der Waals surface area contributed by atoms with Crippen LogP contribution < -0.4 is 0 Å². The van der Waals surface area contributed by atoms with Gasteiger partial charge in [-0.2, -0.15) is 0 Å². The zero-order valence-corrected chi connectivity index (χ0v) is 19.1. The largest absolute Gasteiger partial charge is 0.469 e. The van der Waals surface area contributed by atoms with Crippen molar-refractivity contribution in [2.24, 2.45) is 0 Å². The molecule has 0 saturated carbocycles. The second kappa shape index (κ2) is 16.6. The summed E-state index contributed by atoms with van der Waals surface area (Å²) >= 11 is 0. The summed E-state index contributed by atoms with van der Waals surface area (Å²) < 4.78 is 11.0. The maximum atomic E-state index is 11.0. The molecule has 0 aliphatic carbocycles. The van der Waals surface area contributed by atoms with Crippen molar-refractivity contribution in [1.82, 2.24) is 0 Å². The Labute approximate surface area is 164 Å². The van der Waals surface area contributed by atoms with Gasteiger partial charge in [0.05, 0.1) is 13.2 Å². The van der Waals surface area contributed by atoms with Gasteiger partial charge in [0.1, 0.15) is 0 Å². The van der Waals surface area contributed by atoms with Gasteiger partial charge >= 0.3 is 5.97 Å². The third-order valence-corrected chi connectivity index (χ3v) is 5.44. The normalized spacial score (nSPS) is 13.3. The molecule has 0 bridgehead atoms. The van der Waals surface area contributed by atoms with Crippen LogP contribution in [0, 0.1) is 0 Å². The molecule has 154 valence electrons. The molecule has 0 spiro atoms. The van der Waals surface area contributed by atoms with E-state index >= 15 is 0 Å². The first-order valence-electron chi connectivity index (χ1n) is 10.8. The molecule has 3 nitrogen and oxygen atoms in total. The summed E-state index contributed by atoms with van der Waals surface area (Å²) in [5.41, 5.74) is 0. The van der Waals surface area contributed by atoms with Gasteiger partial charge in [0.15, 0.2) is 8.32 Å². The zero-order chi connectivity index (χ0) is 19.7. The number of ether oxygens (including phenoxy) is 1. The van der Waals surface area contributed by atoms with Gasteiger partial charge in [-0.05, 0) is 45.3 Å². The minimum Gasteiger partial charge on any atom is -0.469 e. The van der Waals surface area contributed by atoms with Crippen molar-refractivity contribution in [3.05, 3.63) is 12.2 Å². The highest BCUT2D eigenvalue weighted by atomic mass is 28.4. The lowest BCUT2D eigenvalue weighted by Crippen LogP contribution is -2.31. The van der Waals surface area contributed by atoms with Gasteiger partial charge in [-0.15, -0.1) is 0 Å². The van der Waals surface area contributed by atoms with Gasteiger partial charge in [-0.25, -0.2) is 0 Å². The van der Waals surface area contributed by atoms with Crippen molar-refractivity contribution in [2.75, 3.05) is 7.11 Å². The van der Waals surface area contributed by atoms with Crippen LogP contribution in [-0.2, 0) is 14.0 Å². The standard InChI is InChI=1S/C22H44O3Si/c1-6-7-8-12-15-18-21(25-26(3,4)5)19-16-13-10-9-11-14-17-20-22(23)24-2/h15,18,21H,6-14,16-17,19-20H2,1-5H3/b18-15+. The topological polar surface area (TPSA) is 35.5 Å². The van der Waals surface area contributed by atoms with Crippen LogP contribution in [0.5, 0.6) is 0 Å². The molecule has 0 heterocycles. The second-order valence-electron chi connectivity index (χ2n) is 8.28. The molecule has 0 radical (unpaired) electrons. The Morgan fingerprint density at radius 2 is 1.54 bits per heavy atom. The minimum absolute atomic E-state index is 0.0822. The average molecular weight is 385 g/mol. The molecular formula is C22H44O3Si. The molecule has 0 aromatic carbocycles. The van der Waals surface area contributed by atoms with E-state index in [1.807, 2.05) is 0 Å². The minimum atomic E-state index is -1.49. The van der Waals surface area contributed by atoms with E-state index in [4.69, 9.17) is 4.43 Å². The summed E-state index contributed by atoms with van der Waals surface area (Å²) in [7, 11) is -0.0274. The summed E-state index contributed by atoms with van der Waals surface area (Å²) in [6, 6.07) is 0. The maximum absolute atomic E-state index is 11.0. The summed E-state index contributed by atoms with van der Waals surface area (Å²) in [5, 5.41) is 0. The van der Waals surface area contributed by atoms with Crippen LogP contribution in [0.3, 0.4) is 0 Å². The summed E-state index contributed by atoms with van der Waals surface area (Å²) in [6.45, 7) is 9.08. The predicted octanol–water partition coefficient (Wildman–Crippen LogP) is 7.03. The lowest BCUT2D eigenvalue weighted by molar-refractivity contribution is -0.140. The van der Waals surface area contributed by atoms with E-state index in [0.717, 1.165) is 19.3 Å². The van der Waals surface area contributed by atoms with Crippen LogP contribution in [-0.4, -0.2) is 27.5 Å². The number of hydrogen-bond acceptors (Lipinski definition) is 3. The summed E-state index contributed by atoms with van der Waals surface area (Å²) in [4.78, 5) is 11.0. The number of hydrogen-bond donors (Lipinski definition) is 0. The summed E-state index contributed by atoms with van der Waals surface area (Å²) in [6.07, 6.45) is 20.2. The molecule has 0 aliphatic rings. The Morgan fingerprint density at radius 3 is 2.12 bits per heavy atom. The molecular weight excluding hydrogens is 340 g/mol. The monoisotopic (exact) mass is 384 g/mol. The van der Waals surface area contributed by atoms with Crippen molar-refractivity contribution in [2.45, 2.75) is 116 Å². The lowest BCUT2D eigenvalue weighted by atomic mass is 10.0. The van der Waals surface area contributed by atoms with Crippen LogP contribution in [0.2, 0.25) is 19.6 Å². The number of esters is 1. The van der Waals surface area contributed by atoms with Crippen molar-refractivity contribution in [1.29, 1.82) is 0 Å². The molecule has 1 atom stereocenters. The van der Waals surface area contributed by atoms with Crippen LogP contribution >= 0.6 is 0 Å². The van der Waals surface area contributed by atoms with E-state index in [-0.39, 0.29) is 5.97 Å². The van der Waals surface area contributed by atoms with E-state index in [2.05, 4.69) is 43.5 Å². The molecule has 4 heteroatoms. The molecule has 26 heavy (non-hydrogen) atoms. The first-order valence-corrected chi connectivity index (χ1v) is 14.2. The van der Waals surface area contributed by atoms with Crippen LogP contribution in [0.4, 0.5) is 0 Å². The molecule has 0 amide bonds. The van der Waals surface area contributed by atoms with Gasteiger partial charge in [0, 0.05) is 6.42 Å². The molecule has 0 saturated heterocycles. The van der Waals surface area contributed by atoms with Gasteiger partial charge in [0.25, 0.3) is 0 Å². The fourth-order valence-corrected chi connectivity index (χ4v) is 4.11. The van der Waals surface area contributed by atoms with Crippen molar-refractivity contribution >= 4 is 14.3 Å². The molecule has 0 N–H and O–H groups in total. The number of rotatable bonds is 17. The van der Waals surface area contributed by atoms with E-state index in [9.17, 15) is 4.79 Å². The Bertz CT molecular complexity index is 361. The number of methoxy groups -OCH3 is 1. The Kier molecular flexibility index (Phi) is 16.2. The molecule has 1 unspecified atom stereocenters. The number of allylic oxidation sites excluding steroid dienone is 1. The van der Waals surface area contributed by atoms with Gasteiger partial charge in [-0.3, -0.25) is 4.79 Å². The van der Waals surface area contributed by atoms with Crippen LogP contribution in [0.25, 0.3) is 0 Å². The van der Waals surface area contributed by atoms with E-state index in [1.165, 1.54) is 64.9 Å². The molecule has 0 aromatic rings. The third-order valence-electron chi connectivity index (χ3n) is 4.43. The first kappa shape index (κ1) is 25.4. The van der Waals surface area contributed by atoms with Gasteiger partial charge < -0.3 is 9.16 Å². The Balaban J connectivity index is 3.83. The number of carbonyl (C=O) groups excluding carboxylic acids is 1. The molecule has 0 fully saturated rings. The Hall–Kier alpha value is -0.613. The van der Waals surface area contributed by atoms with Crippen molar-refractivity contribution in [3.8, 4) is 0 Å². The van der Waals surface area contributed by atoms with Gasteiger partial charge in [0.2, 0.25) is 0 Å². The molecule has 0 aromatic heterocycles. The summed E-state index contributed by atoms with van der Waals surface area (Å²) in [5.74, 6) is -0.0822. The van der Waals surface area contributed by atoms with Gasteiger partial charge in [-0.1, -0.05) is 70.4 Å². The zero-order valence-electron chi connectivity index (χ0n) is 18.1. The fourth-order valence-electron chi connectivity index (χ4n) is 3.01. The maximum Gasteiger partial charge on any atom is 0.305 e. The average Bonchev–Trinajstić information content (AvgIpc) is 2.58. The van der Waals surface area contributed by atoms with Crippen LogP contribution in [0.15, 0.2) is 12.2 Å². The Morgan fingerprint density at radius 1 is 0.923 bits per heavy atom. The second-order valence-corrected chi connectivity index (χ2v) is 12.7. The van der Waals surface area contributed by atoms with Crippen LogP contribution in [0.1, 0.15) is 90.4 Å². The lowest BCUT2D eigenvalue weighted by Gasteiger charge is -2.24. The van der Waals surface area contributed by atoms with E-state index < -0.39 is 8.32 Å². The highest BCUT2D eigenvalue weighted by molar-refractivity contribution is 6.69. The predicted molar refractivity (Wildman–Crippen MR) is 115 cm³/mol. The third kappa shape index (κ3) is 18.2. The SMILES string of the molecule is CCCCC/C=C/C(CCCCCCCCCC(=O)OC)O[Si](C)(C)C. The first-order chi connectivity index (χ1) is 12.4. The van der Waals surface area contributed by atoms with Crippen molar-refractivity contribution < 1.29 is 14.0 Å². The number of carbonyl (C=O) groups is 1. The van der Waals surface area contributed by atoms with E-state index in [0.29, 0.717) is 12.5 Å². The van der Waals surface area contributed by atoms with E-state index in [1.54, 1.807) is 0 Å². The van der Waals surface area contributed by atoms with Crippen molar-refractivity contribution in [3.63, 3.8) is 0 Å². The highest BCUT2D eigenvalue weighted by Crippen LogP contribution is 2.17. The quantitative estimate of drug-likeness (QED) is 0.117. The molecule has 0 aliphatic heterocycles. The highest BCUT2D eigenvalue weighted by Gasteiger charge is 2.19. The molecule has 0 rings (SSSR count). The number of unbranched alkanes of at least 4 members (excludes halogenated alkanes) is 9. The smallest absolute Gasteiger partial charge is 0.305 e.